The summed E-state index contributed by atoms with van der Waals surface area (Å²) >= 11 is 0. The highest BCUT2D eigenvalue weighted by Crippen LogP contribution is 2.38. The SMILES string of the molecule is CCC1(CC)CCN(C(=O)N2CCCCC2)CC1. The Kier molecular flexibility index (Phi) is 4.52. The highest BCUT2D eigenvalue weighted by molar-refractivity contribution is 5.74. The molecular formula is C15H28N2O. The summed E-state index contributed by atoms with van der Waals surface area (Å²) in [5.41, 5.74) is 0.513. The molecule has 3 nitrogen and oxygen atoms in total. The molecule has 0 bridgehead atoms. The number of likely N-dealkylation sites (tertiary alicyclic amines) is 2. The van der Waals surface area contributed by atoms with Gasteiger partial charge in [0.05, 0.1) is 0 Å². The average Bonchev–Trinajstić information content (AvgIpc) is 2.47. The Morgan fingerprint density at radius 1 is 0.889 bits per heavy atom. The first-order valence-corrected chi connectivity index (χ1v) is 7.74. The summed E-state index contributed by atoms with van der Waals surface area (Å²) in [4.78, 5) is 16.5. The van der Waals surface area contributed by atoms with Gasteiger partial charge in [0.15, 0.2) is 0 Å². The summed E-state index contributed by atoms with van der Waals surface area (Å²) in [7, 11) is 0. The van der Waals surface area contributed by atoms with Crippen LogP contribution < -0.4 is 0 Å². The maximum Gasteiger partial charge on any atom is 0.319 e. The van der Waals surface area contributed by atoms with Crippen molar-refractivity contribution in [3.05, 3.63) is 0 Å². The third-order valence-electron chi connectivity index (χ3n) is 5.22. The molecule has 0 aromatic carbocycles. The van der Waals surface area contributed by atoms with Crippen molar-refractivity contribution in [1.29, 1.82) is 0 Å². The van der Waals surface area contributed by atoms with Crippen LogP contribution >= 0.6 is 0 Å². The highest BCUT2D eigenvalue weighted by atomic mass is 16.2. The number of amides is 2. The van der Waals surface area contributed by atoms with Crippen molar-refractivity contribution in [3.63, 3.8) is 0 Å². The predicted octanol–water partition coefficient (Wildman–Crippen LogP) is 3.49. The van der Waals surface area contributed by atoms with Crippen LogP contribution in [0.2, 0.25) is 0 Å². The molecule has 3 heteroatoms. The second kappa shape index (κ2) is 5.94. The third kappa shape index (κ3) is 2.81. The Hall–Kier alpha value is -0.730. The normalized spacial score (nSPS) is 24.1. The number of piperidine rings is 2. The standard InChI is InChI=1S/C15H28N2O/c1-3-15(4-2)8-12-17(13-9-15)14(18)16-10-6-5-7-11-16/h3-13H2,1-2H3. The van der Waals surface area contributed by atoms with Gasteiger partial charge in [0, 0.05) is 26.2 Å². The number of urea groups is 1. The van der Waals surface area contributed by atoms with Gasteiger partial charge < -0.3 is 9.80 Å². The van der Waals surface area contributed by atoms with Gasteiger partial charge in [-0.2, -0.15) is 0 Å². The number of nitrogens with zero attached hydrogens (tertiary/aromatic N) is 2. The van der Waals surface area contributed by atoms with Crippen molar-refractivity contribution in [2.45, 2.75) is 58.8 Å². The Labute approximate surface area is 112 Å². The van der Waals surface area contributed by atoms with E-state index in [9.17, 15) is 4.79 Å². The van der Waals surface area contributed by atoms with Crippen molar-refractivity contribution < 1.29 is 4.79 Å². The molecule has 2 aliphatic rings. The van der Waals surface area contributed by atoms with Gasteiger partial charge in [0.25, 0.3) is 0 Å². The number of carbonyl (C=O) groups is 1. The first-order chi connectivity index (χ1) is 8.71. The largest absolute Gasteiger partial charge is 0.325 e. The van der Waals surface area contributed by atoms with Crippen molar-refractivity contribution >= 4 is 6.03 Å². The monoisotopic (exact) mass is 252 g/mol. The van der Waals surface area contributed by atoms with Gasteiger partial charge in [-0.3, -0.25) is 0 Å². The van der Waals surface area contributed by atoms with Crippen LogP contribution in [0.5, 0.6) is 0 Å². The Balaban J connectivity index is 1.87. The van der Waals surface area contributed by atoms with Crippen molar-refractivity contribution in [2.75, 3.05) is 26.2 Å². The number of rotatable bonds is 2. The second-order valence-electron chi connectivity index (χ2n) is 6.02. The van der Waals surface area contributed by atoms with Crippen LogP contribution in [0.1, 0.15) is 58.8 Å². The van der Waals surface area contributed by atoms with Crippen LogP contribution in [0.25, 0.3) is 0 Å². The molecule has 0 aromatic rings. The van der Waals surface area contributed by atoms with Gasteiger partial charge in [0.1, 0.15) is 0 Å². The first-order valence-electron chi connectivity index (χ1n) is 7.74. The fourth-order valence-corrected chi connectivity index (χ4v) is 3.41. The molecule has 0 aromatic heterocycles. The molecule has 104 valence electrons. The predicted molar refractivity (Wildman–Crippen MR) is 74.6 cm³/mol. The molecule has 2 saturated heterocycles. The van der Waals surface area contributed by atoms with E-state index in [0.717, 1.165) is 26.2 Å². The van der Waals surface area contributed by atoms with Gasteiger partial charge in [0.2, 0.25) is 0 Å². The van der Waals surface area contributed by atoms with Crippen LogP contribution in [0.3, 0.4) is 0 Å². The molecular weight excluding hydrogens is 224 g/mol. The summed E-state index contributed by atoms with van der Waals surface area (Å²) in [5.74, 6) is 0. The number of carbonyl (C=O) groups excluding carboxylic acids is 1. The molecule has 2 rings (SSSR count). The van der Waals surface area contributed by atoms with E-state index < -0.39 is 0 Å². The Morgan fingerprint density at radius 3 is 1.89 bits per heavy atom. The second-order valence-corrected chi connectivity index (χ2v) is 6.02. The summed E-state index contributed by atoms with van der Waals surface area (Å²) in [6, 6.07) is 0.301. The topological polar surface area (TPSA) is 23.6 Å². The van der Waals surface area contributed by atoms with Gasteiger partial charge in [-0.1, -0.05) is 26.7 Å². The average molecular weight is 252 g/mol. The lowest BCUT2D eigenvalue weighted by molar-refractivity contribution is 0.0864. The lowest BCUT2D eigenvalue weighted by Crippen LogP contribution is -2.50. The molecule has 0 radical (unpaired) electrons. The van der Waals surface area contributed by atoms with Crippen molar-refractivity contribution in [3.8, 4) is 0 Å². The fraction of sp³-hybridized carbons (Fsp3) is 0.933. The van der Waals surface area contributed by atoms with E-state index in [-0.39, 0.29) is 0 Å². The highest BCUT2D eigenvalue weighted by Gasteiger charge is 2.34. The molecule has 0 aliphatic carbocycles. The zero-order valence-corrected chi connectivity index (χ0v) is 12.1. The number of hydrogen-bond acceptors (Lipinski definition) is 1. The van der Waals surface area contributed by atoms with E-state index in [1.165, 1.54) is 44.9 Å². The molecule has 2 heterocycles. The molecule has 18 heavy (non-hydrogen) atoms. The van der Waals surface area contributed by atoms with E-state index in [2.05, 4.69) is 23.6 Å². The van der Waals surface area contributed by atoms with Gasteiger partial charge in [-0.25, -0.2) is 4.79 Å². The minimum atomic E-state index is 0.301. The third-order valence-corrected chi connectivity index (χ3v) is 5.22. The lowest BCUT2D eigenvalue weighted by Gasteiger charge is -2.43. The maximum atomic E-state index is 12.4. The molecule has 0 unspecified atom stereocenters. The zero-order chi connectivity index (χ0) is 13.0. The van der Waals surface area contributed by atoms with Crippen LogP contribution in [0, 0.1) is 5.41 Å². The van der Waals surface area contributed by atoms with Crippen molar-refractivity contribution in [1.82, 2.24) is 9.80 Å². The first kappa shape index (κ1) is 13.7. The Bertz CT molecular complexity index is 270. The smallest absolute Gasteiger partial charge is 0.319 e. The number of hydrogen-bond donors (Lipinski definition) is 0. The molecule has 0 saturated carbocycles. The molecule has 0 N–H and O–H groups in total. The van der Waals surface area contributed by atoms with Gasteiger partial charge >= 0.3 is 6.03 Å². The summed E-state index contributed by atoms with van der Waals surface area (Å²) in [6.45, 7) is 8.48. The Morgan fingerprint density at radius 2 is 1.39 bits per heavy atom. The summed E-state index contributed by atoms with van der Waals surface area (Å²) < 4.78 is 0. The lowest BCUT2D eigenvalue weighted by atomic mass is 9.74. The van der Waals surface area contributed by atoms with Crippen LogP contribution in [0.4, 0.5) is 4.79 Å². The van der Waals surface area contributed by atoms with Crippen molar-refractivity contribution in [2.24, 2.45) is 5.41 Å². The molecule has 2 aliphatic heterocycles. The van der Waals surface area contributed by atoms with Gasteiger partial charge in [-0.05, 0) is 37.5 Å². The summed E-state index contributed by atoms with van der Waals surface area (Å²) in [5, 5.41) is 0. The minimum Gasteiger partial charge on any atom is -0.325 e. The quantitative estimate of drug-likeness (QED) is 0.738. The van der Waals surface area contributed by atoms with Gasteiger partial charge in [-0.15, -0.1) is 0 Å². The van der Waals surface area contributed by atoms with E-state index in [1.54, 1.807) is 0 Å². The molecule has 2 fully saturated rings. The fourth-order valence-electron chi connectivity index (χ4n) is 3.41. The summed E-state index contributed by atoms with van der Waals surface area (Å²) in [6.07, 6.45) is 8.57. The van der Waals surface area contributed by atoms with E-state index >= 15 is 0 Å². The molecule has 0 atom stereocenters. The van der Waals surface area contributed by atoms with Crippen LogP contribution in [-0.4, -0.2) is 42.0 Å². The zero-order valence-electron chi connectivity index (χ0n) is 12.1. The molecule has 0 spiro atoms. The van der Waals surface area contributed by atoms with E-state index in [4.69, 9.17) is 0 Å². The molecule has 2 amide bonds. The van der Waals surface area contributed by atoms with E-state index in [0.29, 0.717) is 11.4 Å². The van der Waals surface area contributed by atoms with Crippen LogP contribution in [0.15, 0.2) is 0 Å². The maximum absolute atomic E-state index is 12.4. The minimum absolute atomic E-state index is 0.301. The van der Waals surface area contributed by atoms with E-state index in [1.807, 2.05) is 0 Å². The van der Waals surface area contributed by atoms with Crippen LogP contribution in [-0.2, 0) is 0 Å².